The quantitative estimate of drug-likeness (QED) is 0.666. The van der Waals surface area contributed by atoms with E-state index < -0.39 is 11.4 Å². The van der Waals surface area contributed by atoms with Crippen LogP contribution in [0.25, 0.3) is 0 Å². The van der Waals surface area contributed by atoms with Crippen molar-refractivity contribution < 1.29 is 15.0 Å². The Morgan fingerprint density at radius 2 is 2.00 bits per heavy atom. The molecule has 0 aromatic carbocycles. The van der Waals surface area contributed by atoms with E-state index in [9.17, 15) is 9.90 Å². The molecule has 0 rings (SSSR count). The number of hydrogen-bond donors (Lipinski definition) is 2. The summed E-state index contributed by atoms with van der Waals surface area (Å²) >= 11 is 0. The van der Waals surface area contributed by atoms with Gasteiger partial charge in [-0.25, -0.2) is 0 Å². The third kappa shape index (κ3) is 3.72. The van der Waals surface area contributed by atoms with Crippen LogP contribution in [0, 0.1) is 5.41 Å². The molecule has 3 heteroatoms. The van der Waals surface area contributed by atoms with Gasteiger partial charge in [-0.2, -0.15) is 0 Å². The molecule has 0 aliphatic rings. The van der Waals surface area contributed by atoms with Gasteiger partial charge in [0.2, 0.25) is 0 Å². The summed E-state index contributed by atoms with van der Waals surface area (Å²) in [6.45, 7) is 5.24. The molecule has 0 saturated carbocycles. The van der Waals surface area contributed by atoms with Gasteiger partial charge < -0.3 is 10.2 Å². The van der Waals surface area contributed by atoms with E-state index in [1.807, 2.05) is 6.92 Å². The summed E-state index contributed by atoms with van der Waals surface area (Å²) in [5.74, 6) is -0.800. The zero-order chi connectivity index (χ0) is 9.78. The molecule has 0 aromatic rings. The van der Waals surface area contributed by atoms with Gasteiger partial charge in [-0.15, -0.1) is 0 Å². The smallest absolute Gasteiger partial charge is 0.309 e. The van der Waals surface area contributed by atoms with Crippen molar-refractivity contribution in [3.05, 3.63) is 0 Å². The average molecular weight is 174 g/mol. The minimum atomic E-state index is -0.800. The molecule has 0 aromatic heterocycles. The fraction of sp³-hybridized carbons (Fsp3) is 0.889. The Hall–Kier alpha value is -0.570. The molecule has 3 nitrogen and oxygen atoms in total. The largest absolute Gasteiger partial charge is 0.481 e. The van der Waals surface area contributed by atoms with Crippen LogP contribution in [0.5, 0.6) is 0 Å². The predicted octanol–water partition coefficient (Wildman–Crippen LogP) is 1.65. The van der Waals surface area contributed by atoms with E-state index in [0.717, 1.165) is 0 Å². The molecule has 0 aliphatic heterocycles. The molecule has 0 bridgehead atoms. The number of carboxylic acids is 1. The lowest BCUT2D eigenvalue weighted by Gasteiger charge is -2.20. The Balaban J connectivity index is 3.83. The van der Waals surface area contributed by atoms with Crippen molar-refractivity contribution in [3.8, 4) is 0 Å². The van der Waals surface area contributed by atoms with Crippen molar-refractivity contribution in [1.29, 1.82) is 0 Å². The Kier molecular flexibility index (Phi) is 4.24. The molecule has 2 N–H and O–H groups in total. The number of carbonyl (C=O) groups is 1. The van der Waals surface area contributed by atoms with E-state index in [2.05, 4.69) is 0 Å². The number of hydrogen-bond acceptors (Lipinski definition) is 2. The van der Waals surface area contributed by atoms with Crippen LogP contribution in [0.3, 0.4) is 0 Å². The molecule has 0 saturated heterocycles. The van der Waals surface area contributed by atoms with Crippen LogP contribution in [-0.4, -0.2) is 22.3 Å². The van der Waals surface area contributed by atoms with Gasteiger partial charge in [-0.1, -0.05) is 6.92 Å². The minimum Gasteiger partial charge on any atom is -0.481 e. The summed E-state index contributed by atoms with van der Waals surface area (Å²) in [6.07, 6.45) is 1.42. The molecule has 1 unspecified atom stereocenters. The Morgan fingerprint density at radius 3 is 2.33 bits per heavy atom. The fourth-order valence-electron chi connectivity index (χ4n) is 0.839. The molecule has 72 valence electrons. The molecule has 0 amide bonds. The summed E-state index contributed by atoms with van der Waals surface area (Å²) in [7, 11) is 0. The number of aliphatic hydroxyl groups is 1. The number of aliphatic hydroxyl groups excluding tert-OH is 1. The first-order valence-corrected chi connectivity index (χ1v) is 4.31. The lowest BCUT2D eigenvalue weighted by molar-refractivity contribution is -0.147. The maximum Gasteiger partial charge on any atom is 0.309 e. The van der Waals surface area contributed by atoms with Crippen LogP contribution in [0.1, 0.15) is 40.0 Å². The molecule has 12 heavy (non-hydrogen) atoms. The zero-order valence-electron chi connectivity index (χ0n) is 8.00. The number of carboxylic acid groups (broad SMARTS) is 1. The summed E-state index contributed by atoms with van der Waals surface area (Å²) in [4.78, 5) is 10.6. The molecular weight excluding hydrogens is 156 g/mol. The van der Waals surface area contributed by atoms with Crippen molar-refractivity contribution in [1.82, 2.24) is 0 Å². The SMILES string of the molecule is CCC(O)CCC(C)(C)C(=O)O. The first-order chi connectivity index (χ1) is 5.40. The topological polar surface area (TPSA) is 57.5 Å². The lowest BCUT2D eigenvalue weighted by atomic mass is 9.86. The van der Waals surface area contributed by atoms with Gasteiger partial charge >= 0.3 is 5.97 Å². The zero-order valence-corrected chi connectivity index (χ0v) is 8.00. The molecule has 0 heterocycles. The van der Waals surface area contributed by atoms with Gasteiger partial charge in [-0.05, 0) is 33.1 Å². The normalized spacial score (nSPS) is 14.3. The Labute approximate surface area is 73.4 Å². The van der Waals surface area contributed by atoms with E-state index in [1.54, 1.807) is 13.8 Å². The third-order valence-corrected chi connectivity index (χ3v) is 2.15. The van der Waals surface area contributed by atoms with E-state index in [-0.39, 0.29) is 6.10 Å². The first kappa shape index (κ1) is 11.4. The van der Waals surface area contributed by atoms with Crippen molar-refractivity contribution in [2.75, 3.05) is 0 Å². The monoisotopic (exact) mass is 174 g/mol. The van der Waals surface area contributed by atoms with Gasteiger partial charge in [0.05, 0.1) is 11.5 Å². The van der Waals surface area contributed by atoms with Gasteiger partial charge in [0.15, 0.2) is 0 Å². The van der Waals surface area contributed by atoms with Crippen LogP contribution in [0.4, 0.5) is 0 Å². The van der Waals surface area contributed by atoms with Crippen molar-refractivity contribution in [2.45, 2.75) is 46.1 Å². The summed E-state index contributed by atoms with van der Waals surface area (Å²) in [5.41, 5.74) is -0.712. The third-order valence-electron chi connectivity index (χ3n) is 2.15. The maximum atomic E-state index is 10.6. The van der Waals surface area contributed by atoms with Crippen molar-refractivity contribution in [2.24, 2.45) is 5.41 Å². The van der Waals surface area contributed by atoms with E-state index in [0.29, 0.717) is 19.3 Å². The number of rotatable bonds is 5. The Bertz CT molecular complexity index is 152. The van der Waals surface area contributed by atoms with Crippen LogP contribution in [-0.2, 0) is 4.79 Å². The van der Waals surface area contributed by atoms with E-state index in [1.165, 1.54) is 0 Å². The molecule has 0 aliphatic carbocycles. The standard InChI is InChI=1S/C9H18O3/c1-4-7(10)5-6-9(2,3)8(11)12/h7,10H,4-6H2,1-3H3,(H,11,12). The van der Waals surface area contributed by atoms with Crippen LogP contribution < -0.4 is 0 Å². The van der Waals surface area contributed by atoms with Crippen LogP contribution >= 0.6 is 0 Å². The molecular formula is C9H18O3. The predicted molar refractivity (Wildman–Crippen MR) is 46.9 cm³/mol. The average Bonchev–Trinajstić information content (AvgIpc) is 2.00. The minimum absolute atomic E-state index is 0.358. The van der Waals surface area contributed by atoms with E-state index >= 15 is 0 Å². The maximum absolute atomic E-state index is 10.6. The second-order valence-electron chi connectivity index (χ2n) is 3.79. The Morgan fingerprint density at radius 1 is 1.50 bits per heavy atom. The fourth-order valence-corrected chi connectivity index (χ4v) is 0.839. The van der Waals surface area contributed by atoms with Crippen LogP contribution in [0.2, 0.25) is 0 Å². The molecule has 0 spiro atoms. The second kappa shape index (κ2) is 4.45. The van der Waals surface area contributed by atoms with Gasteiger partial charge in [-0.3, -0.25) is 4.79 Å². The molecule has 0 fully saturated rings. The van der Waals surface area contributed by atoms with E-state index in [4.69, 9.17) is 5.11 Å². The number of aliphatic carboxylic acids is 1. The molecule has 0 radical (unpaired) electrons. The highest BCUT2D eigenvalue weighted by Crippen LogP contribution is 2.23. The lowest BCUT2D eigenvalue weighted by Crippen LogP contribution is -2.25. The summed E-state index contributed by atoms with van der Waals surface area (Å²) in [5, 5.41) is 18.0. The molecule has 1 atom stereocenters. The van der Waals surface area contributed by atoms with Gasteiger partial charge in [0.25, 0.3) is 0 Å². The van der Waals surface area contributed by atoms with Crippen molar-refractivity contribution in [3.63, 3.8) is 0 Å². The highest BCUT2D eigenvalue weighted by molar-refractivity contribution is 5.73. The van der Waals surface area contributed by atoms with Crippen LogP contribution in [0.15, 0.2) is 0 Å². The van der Waals surface area contributed by atoms with Crippen molar-refractivity contribution >= 4 is 5.97 Å². The van der Waals surface area contributed by atoms with Gasteiger partial charge in [0.1, 0.15) is 0 Å². The summed E-state index contributed by atoms with van der Waals surface area (Å²) < 4.78 is 0. The highest BCUT2D eigenvalue weighted by Gasteiger charge is 2.27. The highest BCUT2D eigenvalue weighted by atomic mass is 16.4. The summed E-state index contributed by atoms with van der Waals surface area (Å²) in [6, 6.07) is 0. The van der Waals surface area contributed by atoms with Gasteiger partial charge in [0, 0.05) is 0 Å². The first-order valence-electron chi connectivity index (χ1n) is 4.31. The second-order valence-corrected chi connectivity index (χ2v) is 3.79.